The van der Waals surface area contributed by atoms with E-state index in [1.165, 1.54) is 12.1 Å². The number of nitrogens with zero attached hydrogens (tertiary/aromatic N) is 1. The minimum Gasteiger partial charge on any atom is -0.454 e. The summed E-state index contributed by atoms with van der Waals surface area (Å²) in [4.78, 5) is 13.9. The summed E-state index contributed by atoms with van der Waals surface area (Å²) < 4.78 is 23.5. The van der Waals surface area contributed by atoms with E-state index in [9.17, 15) is 9.18 Å². The number of benzene rings is 2. The molecular weight excluding hydrogens is 311 g/mol. The van der Waals surface area contributed by atoms with Gasteiger partial charge in [0.2, 0.25) is 12.7 Å². The third-order valence-electron chi connectivity index (χ3n) is 3.71. The van der Waals surface area contributed by atoms with Crippen LogP contribution in [0.3, 0.4) is 0 Å². The zero-order valence-electron chi connectivity index (χ0n) is 13.4. The molecule has 0 aromatic heterocycles. The van der Waals surface area contributed by atoms with Crippen molar-refractivity contribution in [1.82, 2.24) is 10.2 Å². The lowest BCUT2D eigenvalue weighted by Crippen LogP contribution is -2.34. The van der Waals surface area contributed by atoms with Crippen LogP contribution in [-0.4, -0.2) is 31.2 Å². The van der Waals surface area contributed by atoms with Crippen LogP contribution in [0.4, 0.5) is 4.39 Å². The number of likely N-dealkylation sites (N-methyl/N-ethyl adjacent to an activating group) is 1. The zero-order valence-corrected chi connectivity index (χ0v) is 13.4. The molecule has 1 N–H and O–H groups in total. The van der Waals surface area contributed by atoms with Crippen molar-refractivity contribution in [1.29, 1.82) is 0 Å². The van der Waals surface area contributed by atoms with Gasteiger partial charge in [-0.1, -0.05) is 18.2 Å². The van der Waals surface area contributed by atoms with Crippen LogP contribution in [0.2, 0.25) is 0 Å². The van der Waals surface area contributed by atoms with E-state index in [2.05, 4.69) is 5.32 Å². The summed E-state index contributed by atoms with van der Waals surface area (Å²) in [6.45, 7) is 1.54. The lowest BCUT2D eigenvalue weighted by atomic mass is 10.2. The maximum atomic E-state index is 12.8. The van der Waals surface area contributed by atoms with Crippen LogP contribution in [0.1, 0.15) is 11.1 Å². The first kappa shape index (κ1) is 16.3. The largest absolute Gasteiger partial charge is 0.454 e. The van der Waals surface area contributed by atoms with Crippen LogP contribution < -0.4 is 14.8 Å². The molecule has 2 aromatic rings. The highest BCUT2D eigenvalue weighted by molar-refractivity contribution is 5.77. The number of rotatable bonds is 6. The van der Waals surface area contributed by atoms with E-state index >= 15 is 0 Å². The van der Waals surface area contributed by atoms with Crippen LogP contribution >= 0.6 is 0 Å². The Bertz CT molecular complexity index is 719. The fourth-order valence-electron chi connectivity index (χ4n) is 2.51. The van der Waals surface area contributed by atoms with Crippen LogP contribution in [-0.2, 0) is 17.9 Å². The Morgan fingerprint density at radius 2 is 1.83 bits per heavy atom. The van der Waals surface area contributed by atoms with Crippen molar-refractivity contribution < 1.29 is 18.7 Å². The summed E-state index contributed by atoms with van der Waals surface area (Å²) in [7, 11) is 1.88. The van der Waals surface area contributed by atoms with E-state index < -0.39 is 0 Å². The molecule has 0 spiro atoms. The van der Waals surface area contributed by atoms with Crippen molar-refractivity contribution in [2.24, 2.45) is 0 Å². The zero-order chi connectivity index (χ0) is 16.9. The second kappa shape index (κ2) is 7.31. The Morgan fingerprint density at radius 3 is 2.62 bits per heavy atom. The van der Waals surface area contributed by atoms with Crippen LogP contribution in [0.25, 0.3) is 0 Å². The summed E-state index contributed by atoms with van der Waals surface area (Å²) in [5.74, 6) is 1.12. The first-order chi connectivity index (χ1) is 11.6. The predicted molar refractivity (Wildman–Crippen MR) is 87.1 cm³/mol. The predicted octanol–water partition coefficient (Wildman–Crippen LogP) is 2.30. The number of carbonyl (C=O) groups excluding carboxylic acids is 1. The summed E-state index contributed by atoms with van der Waals surface area (Å²) in [5, 5.41) is 2.83. The Morgan fingerprint density at radius 1 is 1.12 bits per heavy atom. The van der Waals surface area contributed by atoms with E-state index in [-0.39, 0.29) is 25.1 Å². The molecule has 0 atom stereocenters. The maximum absolute atomic E-state index is 12.8. The van der Waals surface area contributed by atoms with Gasteiger partial charge in [0.1, 0.15) is 5.82 Å². The van der Waals surface area contributed by atoms with Gasteiger partial charge in [0, 0.05) is 13.1 Å². The van der Waals surface area contributed by atoms with Gasteiger partial charge in [-0.25, -0.2) is 4.39 Å². The molecule has 6 heteroatoms. The van der Waals surface area contributed by atoms with Gasteiger partial charge in [-0.3, -0.25) is 9.69 Å². The fraction of sp³-hybridized carbons (Fsp3) is 0.278. The maximum Gasteiger partial charge on any atom is 0.234 e. The van der Waals surface area contributed by atoms with Crippen molar-refractivity contribution >= 4 is 5.91 Å². The average molecular weight is 330 g/mol. The quantitative estimate of drug-likeness (QED) is 0.883. The molecular formula is C18H19FN2O3. The number of halogens is 1. The van der Waals surface area contributed by atoms with Crippen molar-refractivity contribution in [3.63, 3.8) is 0 Å². The van der Waals surface area contributed by atoms with Gasteiger partial charge < -0.3 is 14.8 Å². The number of carbonyl (C=O) groups is 1. The van der Waals surface area contributed by atoms with Crippen LogP contribution in [0.5, 0.6) is 11.5 Å². The lowest BCUT2D eigenvalue weighted by Gasteiger charge is -2.16. The molecule has 1 aliphatic rings. The number of ether oxygens (including phenoxy) is 2. The second-order valence-electron chi connectivity index (χ2n) is 5.76. The summed E-state index contributed by atoms with van der Waals surface area (Å²) in [6, 6.07) is 11.8. The molecule has 0 radical (unpaired) electrons. The topological polar surface area (TPSA) is 50.8 Å². The van der Waals surface area contributed by atoms with Gasteiger partial charge in [0.25, 0.3) is 0 Å². The van der Waals surface area contributed by atoms with Crippen molar-refractivity contribution in [2.45, 2.75) is 13.1 Å². The van der Waals surface area contributed by atoms with Gasteiger partial charge in [-0.05, 0) is 42.4 Å². The molecule has 2 aromatic carbocycles. The molecule has 126 valence electrons. The van der Waals surface area contributed by atoms with E-state index in [1.807, 2.05) is 30.1 Å². The molecule has 5 nitrogen and oxygen atoms in total. The van der Waals surface area contributed by atoms with E-state index in [1.54, 1.807) is 12.1 Å². The Kier molecular flexibility index (Phi) is 4.96. The molecule has 1 aliphatic heterocycles. The van der Waals surface area contributed by atoms with Gasteiger partial charge >= 0.3 is 0 Å². The van der Waals surface area contributed by atoms with Crippen LogP contribution in [0.15, 0.2) is 42.5 Å². The summed E-state index contributed by atoms with van der Waals surface area (Å²) in [5.41, 5.74) is 1.91. The van der Waals surface area contributed by atoms with E-state index in [4.69, 9.17) is 9.47 Å². The number of hydrogen-bond acceptors (Lipinski definition) is 4. The highest BCUT2D eigenvalue weighted by atomic mass is 19.1. The first-order valence-electron chi connectivity index (χ1n) is 7.68. The number of fused-ring (bicyclic) bond motifs is 1. The number of nitrogens with one attached hydrogen (secondary N) is 1. The van der Waals surface area contributed by atoms with Gasteiger partial charge in [0.15, 0.2) is 11.5 Å². The molecule has 0 unspecified atom stereocenters. The summed E-state index contributed by atoms with van der Waals surface area (Å²) in [6.07, 6.45) is 0. The molecule has 1 amide bonds. The van der Waals surface area contributed by atoms with Crippen LogP contribution in [0, 0.1) is 5.82 Å². The molecule has 0 bridgehead atoms. The number of amides is 1. The molecule has 0 saturated heterocycles. The van der Waals surface area contributed by atoms with Crippen molar-refractivity contribution in [3.8, 4) is 11.5 Å². The molecule has 0 aliphatic carbocycles. The Hall–Kier alpha value is -2.60. The van der Waals surface area contributed by atoms with E-state index in [0.29, 0.717) is 13.1 Å². The normalized spacial score (nSPS) is 12.5. The molecule has 0 saturated carbocycles. The molecule has 1 heterocycles. The average Bonchev–Trinajstić information content (AvgIpc) is 3.02. The monoisotopic (exact) mass is 330 g/mol. The molecule has 24 heavy (non-hydrogen) atoms. The minimum atomic E-state index is -0.284. The highest BCUT2D eigenvalue weighted by Crippen LogP contribution is 2.32. The Balaban J connectivity index is 1.46. The summed E-state index contributed by atoms with van der Waals surface area (Å²) >= 11 is 0. The van der Waals surface area contributed by atoms with Crippen molar-refractivity contribution in [3.05, 3.63) is 59.4 Å². The van der Waals surface area contributed by atoms with E-state index in [0.717, 1.165) is 22.6 Å². The van der Waals surface area contributed by atoms with Gasteiger partial charge in [-0.15, -0.1) is 0 Å². The highest BCUT2D eigenvalue weighted by Gasteiger charge is 2.14. The lowest BCUT2D eigenvalue weighted by molar-refractivity contribution is -0.122. The van der Waals surface area contributed by atoms with Crippen molar-refractivity contribution in [2.75, 3.05) is 20.4 Å². The second-order valence-corrected chi connectivity index (χ2v) is 5.76. The standard InChI is InChI=1S/C18H19FN2O3/c1-21(10-14-4-7-16-17(8-14)24-12-23-16)11-18(22)20-9-13-2-5-15(19)6-3-13/h2-8H,9-12H2,1H3,(H,20,22). The first-order valence-corrected chi connectivity index (χ1v) is 7.68. The fourth-order valence-corrected chi connectivity index (χ4v) is 2.51. The smallest absolute Gasteiger partial charge is 0.234 e. The SMILES string of the molecule is CN(CC(=O)NCc1ccc(F)cc1)Cc1ccc2c(c1)OCO2. The van der Waals surface area contributed by atoms with Gasteiger partial charge in [0.05, 0.1) is 6.54 Å². The third-order valence-corrected chi connectivity index (χ3v) is 3.71. The molecule has 0 fully saturated rings. The molecule has 3 rings (SSSR count). The minimum absolute atomic E-state index is 0.0810. The third kappa shape index (κ3) is 4.23. The number of hydrogen-bond donors (Lipinski definition) is 1. The van der Waals surface area contributed by atoms with Gasteiger partial charge in [-0.2, -0.15) is 0 Å². The Labute approximate surface area is 140 Å².